The lowest BCUT2D eigenvalue weighted by Crippen LogP contribution is -2.03. The molecule has 1 heterocycles. The molecule has 1 aromatic heterocycles. The first kappa shape index (κ1) is 17.3. The molecule has 25 heavy (non-hydrogen) atoms. The topological polar surface area (TPSA) is 59.1 Å². The Bertz CT molecular complexity index is 902. The molecule has 0 unspecified atom stereocenters. The number of anilines is 4. The Morgan fingerprint density at radius 3 is 2.48 bits per heavy atom. The van der Waals surface area contributed by atoms with Crippen LogP contribution in [0.2, 0.25) is 10.0 Å². The van der Waals surface area contributed by atoms with Gasteiger partial charge in [0.15, 0.2) is 0 Å². The first-order chi connectivity index (χ1) is 12.0. The van der Waals surface area contributed by atoms with E-state index in [1.165, 1.54) is 0 Å². The molecule has 0 radical (unpaired) electrons. The van der Waals surface area contributed by atoms with Gasteiger partial charge in [0.25, 0.3) is 0 Å². The minimum Gasteiger partial charge on any atom is -0.495 e. The molecule has 3 rings (SSSR count). The quantitative estimate of drug-likeness (QED) is 0.609. The van der Waals surface area contributed by atoms with E-state index >= 15 is 0 Å². The van der Waals surface area contributed by atoms with Gasteiger partial charge in [-0.05, 0) is 37.3 Å². The number of nitrogens with one attached hydrogen (secondary N) is 2. The second-order valence-electron chi connectivity index (χ2n) is 5.30. The average Bonchev–Trinajstić information content (AvgIpc) is 2.58. The predicted molar refractivity (Wildman–Crippen MR) is 103 cm³/mol. The fourth-order valence-electron chi connectivity index (χ4n) is 2.28. The highest BCUT2D eigenvalue weighted by Gasteiger charge is 2.07. The van der Waals surface area contributed by atoms with Crippen molar-refractivity contribution in [1.82, 2.24) is 9.97 Å². The third-order valence-corrected chi connectivity index (χ3v) is 4.14. The summed E-state index contributed by atoms with van der Waals surface area (Å²) >= 11 is 12.0. The number of rotatable bonds is 5. The van der Waals surface area contributed by atoms with Gasteiger partial charge in [0.2, 0.25) is 5.95 Å². The smallest absolute Gasteiger partial charge is 0.229 e. The highest BCUT2D eigenvalue weighted by atomic mass is 35.5. The summed E-state index contributed by atoms with van der Waals surface area (Å²) in [5.74, 6) is 1.84. The van der Waals surface area contributed by atoms with Gasteiger partial charge >= 0.3 is 0 Å². The van der Waals surface area contributed by atoms with Crippen LogP contribution in [-0.4, -0.2) is 17.1 Å². The largest absolute Gasteiger partial charge is 0.495 e. The molecule has 0 atom stereocenters. The normalized spacial score (nSPS) is 10.4. The zero-order valence-electron chi connectivity index (χ0n) is 13.7. The van der Waals surface area contributed by atoms with Gasteiger partial charge in [-0.2, -0.15) is 4.98 Å². The molecule has 0 aliphatic heterocycles. The van der Waals surface area contributed by atoms with E-state index in [2.05, 4.69) is 20.6 Å². The van der Waals surface area contributed by atoms with Crippen molar-refractivity contribution in [2.24, 2.45) is 0 Å². The van der Waals surface area contributed by atoms with Crippen molar-refractivity contribution >= 4 is 46.3 Å². The van der Waals surface area contributed by atoms with Crippen LogP contribution in [0.1, 0.15) is 5.69 Å². The monoisotopic (exact) mass is 374 g/mol. The molecule has 128 valence electrons. The number of halogens is 2. The number of aryl methyl sites for hydroxylation is 1. The van der Waals surface area contributed by atoms with Crippen LogP contribution in [-0.2, 0) is 0 Å². The first-order valence-electron chi connectivity index (χ1n) is 7.53. The summed E-state index contributed by atoms with van der Waals surface area (Å²) in [6.45, 7) is 1.90. The van der Waals surface area contributed by atoms with Crippen LogP contribution in [0.5, 0.6) is 5.75 Å². The van der Waals surface area contributed by atoms with E-state index in [-0.39, 0.29) is 0 Å². The Morgan fingerprint density at radius 2 is 1.72 bits per heavy atom. The van der Waals surface area contributed by atoms with Gasteiger partial charge in [-0.25, -0.2) is 4.98 Å². The molecule has 7 heteroatoms. The molecular formula is C18H16Cl2N4O. The molecule has 0 saturated carbocycles. The second kappa shape index (κ2) is 7.59. The Kier molecular flexibility index (Phi) is 5.26. The molecular weight excluding hydrogens is 359 g/mol. The Morgan fingerprint density at radius 1 is 0.920 bits per heavy atom. The van der Waals surface area contributed by atoms with Crippen LogP contribution in [0.25, 0.3) is 0 Å². The lowest BCUT2D eigenvalue weighted by molar-refractivity contribution is 0.417. The van der Waals surface area contributed by atoms with E-state index in [0.29, 0.717) is 21.8 Å². The standard InChI is InChI=1S/C18H16Cl2N4O/c1-11-9-17(23-15-5-3-4-6-16(15)25-2)24-18(21-11)22-12-7-8-13(19)14(20)10-12/h3-10H,1-2H3,(H2,21,22,23,24). The van der Waals surface area contributed by atoms with E-state index < -0.39 is 0 Å². The molecule has 0 saturated heterocycles. The third-order valence-electron chi connectivity index (χ3n) is 3.40. The van der Waals surface area contributed by atoms with Crippen molar-refractivity contribution in [2.75, 3.05) is 17.7 Å². The number of hydrogen-bond donors (Lipinski definition) is 2. The van der Waals surface area contributed by atoms with Crippen LogP contribution in [0.3, 0.4) is 0 Å². The van der Waals surface area contributed by atoms with E-state index in [1.54, 1.807) is 19.2 Å². The van der Waals surface area contributed by atoms with Gasteiger partial charge in [-0.15, -0.1) is 0 Å². The summed E-state index contributed by atoms with van der Waals surface area (Å²) in [6, 6.07) is 14.7. The summed E-state index contributed by atoms with van der Waals surface area (Å²) in [7, 11) is 1.63. The van der Waals surface area contributed by atoms with E-state index in [9.17, 15) is 0 Å². The molecule has 2 N–H and O–H groups in total. The van der Waals surface area contributed by atoms with Crippen molar-refractivity contribution in [3.63, 3.8) is 0 Å². The molecule has 0 aliphatic rings. The van der Waals surface area contributed by atoms with Crippen molar-refractivity contribution in [3.05, 3.63) is 64.3 Å². The molecule has 5 nitrogen and oxygen atoms in total. The van der Waals surface area contributed by atoms with Gasteiger partial charge in [0.05, 0.1) is 22.8 Å². The highest BCUT2D eigenvalue weighted by molar-refractivity contribution is 6.42. The van der Waals surface area contributed by atoms with E-state index in [4.69, 9.17) is 27.9 Å². The SMILES string of the molecule is COc1ccccc1Nc1cc(C)nc(Nc2ccc(Cl)c(Cl)c2)n1. The van der Waals surface area contributed by atoms with E-state index in [0.717, 1.165) is 22.8 Å². The fourth-order valence-corrected chi connectivity index (χ4v) is 2.58. The molecule has 0 bridgehead atoms. The molecule has 0 fully saturated rings. The van der Waals surface area contributed by atoms with Crippen molar-refractivity contribution in [1.29, 1.82) is 0 Å². The average molecular weight is 375 g/mol. The van der Waals surface area contributed by atoms with Gasteiger partial charge in [-0.1, -0.05) is 35.3 Å². The number of aromatic nitrogens is 2. The highest BCUT2D eigenvalue weighted by Crippen LogP contribution is 2.28. The Hall–Kier alpha value is -2.50. The minimum absolute atomic E-state index is 0.454. The minimum atomic E-state index is 0.454. The maximum atomic E-state index is 6.04. The molecule has 0 amide bonds. The van der Waals surface area contributed by atoms with Gasteiger partial charge in [-0.3, -0.25) is 0 Å². The van der Waals surface area contributed by atoms with Gasteiger partial charge in [0.1, 0.15) is 11.6 Å². The summed E-state index contributed by atoms with van der Waals surface area (Å²) in [5.41, 5.74) is 2.39. The Labute approximate surface area is 156 Å². The van der Waals surface area contributed by atoms with Gasteiger partial charge < -0.3 is 15.4 Å². The number of methoxy groups -OCH3 is 1. The number of para-hydroxylation sites is 2. The molecule has 2 aromatic carbocycles. The first-order valence-corrected chi connectivity index (χ1v) is 8.28. The number of nitrogens with zero attached hydrogens (tertiary/aromatic N) is 2. The Balaban J connectivity index is 1.86. The van der Waals surface area contributed by atoms with Crippen LogP contribution in [0.15, 0.2) is 48.5 Å². The zero-order chi connectivity index (χ0) is 17.8. The fraction of sp³-hybridized carbons (Fsp3) is 0.111. The van der Waals surface area contributed by atoms with Crippen LogP contribution >= 0.6 is 23.2 Å². The summed E-state index contributed by atoms with van der Waals surface area (Å²) in [4.78, 5) is 8.88. The molecule has 3 aromatic rings. The lowest BCUT2D eigenvalue weighted by atomic mass is 10.3. The molecule has 0 spiro atoms. The predicted octanol–water partition coefficient (Wildman–Crippen LogP) is 5.59. The van der Waals surface area contributed by atoms with Crippen LogP contribution < -0.4 is 15.4 Å². The number of ether oxygens (including phenoxy) is 1. The van der Waals surface area contributed by atoms with Gasteiger partial charge in [0, 0.05) is 17.4 Å². The third kappa shape index (κ3) is 4.32. The second-order valence-corrected chi connectivity index (χ2v) is 6.11. The maximum absolute atomic E-state index is 6.04. The summed E-state index contributed by atoms with van der Waals surface area (Å²) in [5, 5.41) is 7.34. The summed E-state index contributed by atoms with van der Waals surface area (Å²) in [6.07, 6.45) is 0. The number of hydrogen-bond acceptors (Lipinski definition) is 5. The van der Waals surface area contributed by atoms with Crippen LogP contribution in [0.4, 0.5) is 23.1 Å². The van der Waals surface area contributed by atoms with E-state index in [1.807, 2.05) is 43.3 Å². The molecule has 0 aliphatic carbocycles. The van der Waals surface area contributed by atoms with Crippen molar-refractivity contribution in [3.8, 4) is 5.75 Å². The van der Waals surface area contributed by atoms with Crippen molar-refractivity contribution in [2.45, 2.75) is 6.92 Å². The zero-order valence-corrected chi connectivity index (χ0v) is 15.2. The lowest BCUT2D eigenvalue weighted by Gasteiger charge is -2.12. The van der Waals surface area contributed by atoms with Crippen LogP contribution in [0, 0.1) is 6.92 Å². The number of benzene rings is 2. The van der Waals surface area contributed by atoms with Crippen molar-refractivity contribution < 1.29 is 4.74 Å². The summed E-state index contributed by atoms with van der Waals surface area (Å²) < 4.78 is 5.35. The maximum Gasteiger partial charge on any atom is 0.229 e.